The lowest BCUT2D eigenvalue weighted by molar-refractivity contribution is -0.133. The number of esters is 1. The van der Waals surface area contributed by atoms with Gasteiger partial charge in [0, 0.05) is 5.56 Å². The fraction of sp³-hybridized carbons (Fsp3) is 0.0667. The summed E-state index contributed by atoms with van der Waals surface area (Å²) in [6.45, 7) is 0. The van der Waals surface area contributed by atoms with Gasteiger partial charge in [0.15, 0.2) is 0 Å². The highest BCUT2D eigenvalue weighted by Gasteiger charge is 2.09. The molecule has 0 heterocycles. The summed E-state index contributed by atoms with van der Waals surface area (Å²) < 4.78 is 5.16. The van der Waals surface area contributed by atoms with Crippen molar-refractivity contribution in [2.24, 2.45) is 0 Å². The molecule has 19 heavy (non-hydrogen) atoms. The number of aldehydes is 1. The lowest BCUT2D eigenvalue weighted by Crippen LogP contribution is -2.11. The monoisotopic (exact) mass is 274 g/mol. The quantitative estimate of drug-likeness (QED) is 0.488. The fourth-order valence-electron chi connectivity index (χ4n) is 1.59. The molecule has 0 aliphatic carbocycles. The number of carbonyl (C=O) groups is 2. The standard InChI is InChI=1S/C15H11ClO3/c16-13-8-12(10-17)6-7-14(13)19-15(18)9-11-4-2-1-3-5-11/h1-8,10H,9H2. The van der Waals surface area contributed by atoms with Crippen LogP contribution in [0.3, 0.4) is 0 Å². The summed E-state index contributed by atoms with van der Waals surface area (Å²) in [5.41, 5.74) is 1.31. The van der Waals surface area contributed by atoms with Gasteiger partial charge in [-0.25, -0.2) is 0 Å². The number of benzene rings is 2. The van der Waals surface area contributed by atoms with Crippen LogP contribution in [-0.4, -0.2) is 12.3 Å². The average molecular weight is 275 g/mol. The Bertz CT molecular complexity index is 594. The van der Waals surface area contributed by atoms with Gasteiger partial charge in [0.25, 0.3) is 0 Å². The Balaban J connectivity index is 2.05. The van der Waals surface area contributed by atoms with Crippen LogP contribution >= 0.6 is 11.6 Å². The zero-order chi connectivity index (χ0) is 13.7. The van der Waals surface area contributed by atoms with Crippen LogP contribution in [-0.2, 0) is 11.2 Å². The van der Waals surface area contributed by atoms with Crippen LogP contribution in [0.25, 0.3) is 0 Å². The summed E-state index contributed by atoms with van der Waals surface area (Å²) in [6.07, 6.45) is 0.855. The van der Waals surface area contributed by atoms with E-state index in [1.165, 1.54) is 12.1 Å². The first-order valence-electron chi connectivity index (χ1n) is 5.68. The highest BCUT2D eigenvalue weighted by molar-refractivity contribution is 6.32. The van der Waals surface area contributed by atoms with E-state index in [4.69, 9.17) is 16.3 Å². The highest BCUT2D eigenvalue weighted by Crippen LogP contribution is 2.25. The van der Waals surface area contributed by atoms with Gasteiger partial charge in [-0.1, -0.05) is 41.9 Å². The molecule has 0 bridgehead atoms. The molecule has 0 N–H and O–H groups in total. The maximum atomic E-state index is 11.7. The summed E-state index contributed by atoms with van der Waals surface area (Å²) in [4.78, 5) is 22.3. The van der Waals surface area contributed by atoms with E-state index in [1.54, 1.807) is 6.07 Å². The van der Waals surface area contributed by atoms with Gasteiger partial charge in [-0.05, 0) is 23.8 Å². The van der Waals surface area contributed by atoms with Crippen LogP contribution in [0.1, 0.15) is 15.9 Å². The second kappa shape index (κ2) is 6.16. The number of hydrogen-bond acceptors (Lipinski definition) is 3. The molecule has 0 saturated carbocycles. The predicted octanol–water partition coefficient (Wildman–Crippen LogP) is 3.30. The van der Waals surface area contributed by atoms with Crippen molar-refractivity contribution in [1.82, 2.24) is 0 Å². The molecule has 2 rings (SSSR count). The van der Waals surface area contributed by atoms with Crippen molar-refractivity contribution >= 4 is 23.9 Å². The summed E-state index contributed by atoms with van der Waals surface area (Å²) in [6, 6.07) is 13.8. The molecule has 0 saturated heterocycles. The van der Waals surface area contributed by atoms with E-state index in [2.05, 4.69) is 0 Å². The Morgan fingerprint density at radius 1 is 1.16 bits per heavy atom. The van der Waals surface area contributed by atoms with Crippen molar-refractivity contribution in [2.45, 2.75) is 6.42 Å². The van der Waals surface area contributed by atoms with E-state index < -0.39 is 5.97 Å². The molecule has 0 aliphatic rings. The molecule has 0 atom stereocenters. The second-order valence-corrected chi connectivity index (χ2v) is 4.35. The van der Waals surface area contributed by atoms with E-state index in [0.717, 1.165) is 5.56 Å². The molecule has 0 fully saturated rings. The zero-order valence-corrected chi connectivity index (χ0v) is 10.8. The topological polar surface area (TPSA) is 43.4 Å². The third-order valence-corrected chi connectivity index (χ3v) is 2.80. The van der Waals surface area contributed by atoms with Gasteiger partial charge in [0.05, 0.1) is 11.4 Å². The summed E-state index contributed by atoms with van der Waals surface area (Å²) in [5.74, 6) is -0.139. The number of ether oxygens (including phenoxy) is 1. The maximum Gasteiger partial charge on any atom is 0.315 e. The Kier molecular flexibility index (Phi) is 4.31. The lowest BCUT2D eigenvalue weighted by Gasteiger charge is -2.06. The molecule has 3 nitrogen and oxygen atoms in total. The summed E-state index contributed by atoms with van der Waals surface area (Å²) in [7, 11) is 0. The Labute approximate surface area is 115 Å². The Morgan fingerprint density at radius 3 is 2.53 bits per heavy atom. The molecular formula is C15H11ClO3. The first-order chi connectivity index (χ1) is 9.19. The first-order valence-corrected chi connectivity index (χ1v) is 6.06. The Hall–Kier alpha value is -2.13. The van der Waals surface area contributed by atoms with Gasteiger partial charge >= 0.3 is 5.97 Å². The van der Waals surface area contributed by atoms with Gasteiger partial charge in [-0.3, -0.25) is 9.59 Å². The normalized spacial score (nSPS) is 9.95. The minimum Gasteiger partial charge on any atom is -0.425 e. The van der Waals surface area contributed by atoms with Crippen molar-refractivity contribution in [1.29, 1.82) is 0 Å². The largest absolute Gasteiger partial charge is 0.425 e. The lowest BCUT2D eigenvalue weighted by atomic mass is 10.1. The molecule has 2 aromatic rings. The molecule has 0 amide bonds. The fourth-order valence-corrected chi connectivity index (χ4v) is 1.82. The van der Waals surface area contributed by atoms with E-state index in [0.29, 0.717) is 11.8 Å². The van der Waals surface area contributed by atoms with Crippen molar-refractivity contribution in [3.05, 3.63) is 64.7 Å². The van der Waals surface area contributed by atoms with E-state index >= 15 is 0 Å². The van der Waals surface area contributed by atoms with Crippen LogP contribution in [0.4, 0.5) is 0 Å². The summed E-state index contributed by atoms with van der Waals surface area (Å²) >= 11 is 5.92. The zero-order valence-electron chi connectivity index (χ0n) is 10.0. The molecule has 0 aromatic heterocycles. The molecule has 0 spiro atoms. The summed E-state index contributed by atoms with van der Waals surface area (Å²) in [5, 5.41) is 0.242. The third-order valence-electron chi connectivity index (χ3n) is 2.51. The van der Waals surface area contributed by atoms with Gasteiger partial charge in [0.1, 0.15) is 12.0 Å². The van der Waals surface area contributed by atoms with Gasteiger partial charge in [-0.2, -0.15) is 0 Å². The van der Waals surface area contributed by atoms with E-state index in [9.17, 15) is 9.59 Å². The minimum atomic E-state index is -0.396. The van der Waals surface area contributed by atoms with Crippen molar-refractivity contribution in [3.8, 4) is 5.75 Å². The van der Waals surface area contributed by atoms with E-state index in [1.807, 2.05) is 30.3 Å². The molecule has 0 unspecified atom stereocenters. The molecule has 0 radical (unpaired) electrons. The highest BCUT2D eigenvalue weighted by atomic mass is 35.5. The number of halogens is 1. The van der Waals surface area contributed by atoms with Gasteiger partial charge in [-0.15, -0.1) is 0 Å². The van der Waals surface area contributed by atoms with E-state index in [-0.39, 0.29) is 17.2 Å². The van der Waals surface area contributed by atoms with Crippen LogP contribution in [0.5, 0.6) is 5.75 Å². The van der Waals surface area contributed by atoms with Crippen LogP contribution in [0.2, 0.25) is 5.02 Å². The van der Waals surface area contributed by atoms with Gasteiger partial charge < -0.3 is 4.74 Å². The Morgan fingerprint density at radius 2 is 1.89 bits per heavy atom. The maximum absolute atomic E-state index is 11.7. The minimum absolute atomic E-state index is 0.173. The first kappa shape index (κ1) is 13.3. The second-order valence-electron chi connectivity index (χ2n) is 3.94. The SMILES string of the molecule is O=Cc1ccc(OC(=O)Cc2ccccc2)c(Cl)c1. The molecule has 4 heteroatoms. The number of carbonyl (C=O) groups excluding carboxylic acids is 2. The van der Waals surface area contributed by atoms with Crippen LogP contribution in [0.15, 0.2) is 48.5 Å². The average Bonchev–Trinajstić information content (AvgIpc) is 2.42. The molecule has 96 valence electrons. The predicted molar refractivity (Wildman–Crippen MR) is 72.6 cm³/mol. The molecule has 2 aromatic carbocycles. The molecule has 0 aliphatic heterocycles. The van der Waals surface area contributed by atoms with Crippen molar-refractivity contribution in [3.63, 3.8) is 0 Å². The number of rotatable bonds is 4. The third kappa shape index (κ3) is 3.66. The number of hydrogen-bond donors (Lipinski definition) is 0. The van der Waals surface area contributed by atoms with Crippen LogP contribution < -0.4 is 4.74 Å². The smallest absolute Gasteiger partial charge is 0.315 e. The van der Waals surface area contributed by atoms with Gasteiger partial charge in [0.2, 0.25) is 0 Å². The molecular weight excluding hydrogens is 264 g/mol. The van der Waals surface area contributed by atoms with Crippen molar-refractivity contribution in [2.75, 3.05) is 0 Å². The van der Waals surface area contributed by atoms with Crippen molar-refractivity contribution < 1.29 is 14.3 Å². The van der Waals surface area contributed by atoms with Crippen LogP contribution in [0, 0.1) is 0 Å².